The average molecular weight is 273 g/mol. The topological polar surface area (TPSA) is 59.3 Å². The number of hydrogen-bond donors (Lipinski definition) is 2. The van der Waals surface area contributed by atoms with E-state index in [0.29, 0.717) is 12.1 Å². The van der Waals surface area contributed by atoms with Crippen molar-refractivity contribution in [3.05, 3.63) is 35.4 Å². The second-order valence-electron chi connectivity index (χ2n) is 5.65. The Kier molecular flexibility index (Phi) is 5.54. The standard InChI is InChI=1S/C16H23N3O/c1-19-8-6-14(7-9-19)11-18-12-16(20)15-4-2-13(10-17)3-5-15/h2-5,14,16,18,20H,6-9,11-12H2,1H3. The van der Waals surface area contributed by atoms with Gasteiger partial charge in [-0.2, -0.15) is 5.26 Å². The van der Waals surface area contributed by atoms with Crippen LogP contribution in [0.4, 0.5) is 0 Å². The van der Waals surface area contributed by atoms with Crippen molar-refractivity contribution in [2.24, 2.45) is 5.92 Å². The van der Waals surface area contributed by atoms with Gasteiger partial charge in [-0.1, -0.05) is 12.1 Å². The van der Waals surface area contributed by atoms with Crippen LogP contribution in [-0.2, 0) is 0 Å². The van der Waals surface area contributed by atoms with Crippen LogP contribution in [0.3, 0.4) is 0 Å². The number of piperidine rings is 1. The fourth-order valence-corrected chi connectivity index (χ4v) is 2.59. The third-order valence-electron chi connectivity index (χ3n) is 4.03. The summed E-state index contributed by atoms with van der Waals surface area (Å²) in [5.41, 5.74) is 1.49. The van der Waals surface area contributed by atoms with Crippen LogP contribution in [0.15, 0.2) is 24.3 Å². The van der Waals surface area contributed by atoms with Gasteiger partial charge in [-0.05, 0) is 63.1 Å². The summed E-state index contributed by atoms with van der Waals surface area (Å²) in [4.78, 5) is 2.36. The third-order valence-corrected chi connectivity index (χ3v) is 4.03. The van der Waals surface area contributed by atoms with Crippen molar-refractivity contribution in [1.82, 2.24) is 10.2 Å². The van der Waals surface area contributed by atoms with Crippen LogP contribution >= 0.6 is 0 Å². The number of aliphatic hydroxyl groups excluding tert-OH is 1. The number of likely N-dealkylation sites (tertiary alicyclic amines) is 1. The van der Waals surface area contributed by atoms with Crippen LogP contribution in [0.5, 0.6) is 0 Å². The van der Waals surface area contributed by atoms with E-state index in [4.69, 9.17) is 5.26 Å². The van der Waals surface area contributed by atoms with Gasteiger partial charge in [-0.3, -0.25) is 0 Å². The van der Waals surface area contributed by atoms with E-state index in [1.165, 1.54) is 25.9 Å². The van der Waals surface area contributed by atoms with Crippen LogP contribution in [0.1, 0.15) is 30.1 Å². The smallest absolute Gasteiger partial charge is 0.0991 e. The highest BCUT2D eigenvalue weighted by molar-refractivity contribution is 5.32. The maximum atomic E-state index is 10.1. The molecule has 0 amide bonds. The minimum Gasteiger partial charge on any atom is -0.387 e. The molecule has 0 saturated carbocycles. The normalized spacial score (nSPS) is 18.6. The van der Waals surface area contributed by atoms with Gasteiger partial charge in [0.05, 0.1) is 17.7 Å². The first-order valence-corrected chi connectivity index (χ1v) is 7.26. The zero-order valence-electron chi connectivity index (χ0n) is 12.0. The molecule has 0 aliphatic carbocycles. The van der Waals surface area contributed by atoms with E-state index < -0.39 is 6.10 Å². The molecule has 0 radical (unpaired) electrons. The molecular formula is C16H23N3O. The van der Waals surface area contributed by atoms with Crippen LogP contribution in [0, 0.1) is 17.2 Å². The van der Waals surface area contributed by atoms with E-state index in [2.05, 4.69) is 23.3 Å². The maximum absolute atomic E-state index is 10.1. The average Bonchev–Trinajstić information content (AvgIpc) is 2.49. The molecule has 1 aromatic carbocycles. The SMILES string of the molecule is CN1CCC(CNCC(O)c2ccc(C#N)cc2)CC1. The number of nitriles is 1. The molecule has 0 aromatic heterocycles. The van der Waals surface area contributed by atoms with E-state index >= 15 is 0 Å². The highest BCUT2D eigenvalue weighted by Gasteiger charge is 2.16. The summed E-state index contributed by atoms with van der Waals surface area (Å²) in [6, 6.07) is 9.21. The summed E-state index contributed by atoms with van der Waals surface area (Å²) in [5, 5.41) is 22.2. The molecule has 1 saturated heterocycles. The molecular weight excluding hydrogens is 250 g/mol. The number of benzene rings is 1. The third kappa shape index (κ3) is 4.31. The Labute approximate surface area is 121 Å². The van der Waals surface area contributed by atoms with Crippen molar-refractivity contribution in [1.29, 1.82) is 5.26 Å². The molecule has 1 aromatic rings. The quantitative estimate of drug-likeness (QED) is 0.854. The van der Waals surface area contributed by atoms with Gasteiger partial charge in [-0.25, -0.2) is 0 Å². The largest absolute Gasteiger partial charge is 0.387 e. The number of aliphatic hydroxyl groups is 1. The Morgan fingerprint density at radius 2 is 2.00 bits per heavy atom. The van der Waals surface area contributed by atoms with Crippen molar-refractivity contribution >= 4 is 0 Å². The predicted octanol–water partition coefficient (Wildman–Crippen LogP) is 1.52. The van der Waals surface area contributed by atoms with Gasteiger partial charge in [0.1, 0.15) is 0 Å². The highest BCUT2D eigenvalue weighted by Crippen LogP contribution is 2.16. The second-order valence-corrected chi connectivity index (χ2v) is 5.65. The lowest BCUT2D eigenvalue weighted by molar-refractivity contribution is 0.165. The first-order chi connectivity index (χ1) is 9.69. The van der Waals surface area contributed by atoms with Gasteiger partial charge in [0.2, 0.25) is 0 Å². The van der Waals surface area contributed by atoms with Crippen molar-refractivity contribution in [2.45, 2.75) is 18.9 Å². The minimum absolute atomic E-state index is 0.506. The molecule has 0 bridgehead atoms. The number of nitrogens with zero attached hydrogens (tertiary/aromatic N) is 2. The summed E-state index contributed by atoms with van der Waals surface area (Å²) in [6.07, 6.45) is 1.96. The lowest BCUT2D eigenvalue weighted by Gasteiger charge is -2.29. The number of hydrogen-bond acceptors (Lipinski definition) is 4. The molecule has 0 spiro atoms. The summed E-state index contributed by atoms with van der Waals surface area (Å²) in [5.74, 6) is 0.722. The van der Waals surface area contributed by atoms with E-state index in [1.54, 1.807) is 12.1 Å². The molecule has 1 heterocycles. The molecule has 4 heteroatoms. The number of nitrogens with one attached hydrogen (secondary N) is 1. The second kappa shape index (κ2) is 7.39. The van der Waals surface area contributed by atoms with E-state index in [0.717, 1.165) is 18.0 Å². The van der Waals surface area contributed by atoms with Crippen LogP contribution in [0.2, 0.25) is 0 Å². The van der Waals surface area contributed by atoms with Crippen molar-refractivity contribution in [3.8, 4) is 6.07 Å². The van der Waals surface area contributed by atoms with Crippen molar-refractivity contribution < 1.29 is 5.11 Å². The van der Waals surface area contributed by atoms with Crippen LogP contribution in [-0.4, -0.2) is 43.2 Å². The van der Waals surface area contributed by atoms with E-state index in [-0.39, 0.29) is 0 Å². The summed E-state index contributed by atoms with van der Waals surface area (Å²) in [7, 11) is 2.16. The molecule has 1 unspecified atom stereocenters. The zero-order chi connectivity index (χ0) is 14.4. The fourth-order valence-electron chi connectivity index (χ4n) is 2.59. The van der Waals surface area contributed by atoms with E-state index in [1.807, 2.05) is 12.1 Å². The van der Waals surface area contributed by atoms with Gasteiger partial charge >= 0.3 is 0 Å². The Bertz CT molecular complexity index is 444. The van der Waals surface area contributed by atoms with Gasteiger partial charge < -0.3 is 15.3 Å². The number of rotatable bonds is 5. The van der Waals surface area contributed by atoms with Crippen molar-refractivity contribution in [3.63, 3.8) is 0 Å². The first kappa shape index (κ1) is 15.0. The molecule has 4 nitrogen and oxygen atoms in total. The molecule has 1 aliphatic heterocycles. The van der Waals surface area contributed by atoms with Gasteiger partial charge in [0, 0.05) is 6.54 Å². The Hall–Kier alpha value is -1.41. The molecule has 20 heavy (non-hydrogen) atoms. The Balaban J connectivity index is 1.72. The Morgan fingerprint density at radius 3 is 2.60 bits per heavy atom. The summed E-state index contributed by atoms with van der Waals surface area (Å²) >= 11 is 0. The molecule has 108 valence electrons. The molecule has 1 aliphatic rings. The van der Waals surface area contributed by atoms with Gasteiger partial charge in [0.15, 0.2) is 0 Å². The lowest BCUT2D eigenvalue weighted by Crippen LogP contribution is -2.36. The minimum atomic E-state index is -0.506. The molecule has 2 rings (SSSR count). The summed E-state index contributed by atoms with van der Waals surface area (Å²) < 4.78 is 0. The van der Waals surface area contributed by atoms with Crippen LogP contribution < -0.4 is 5.32 Å². The molecule has 1 fully saturated rings. The predicted molar refractivity (Wildman–Crippen MR) is 79.2 cm³/mol. The maximum Gasteiger partial charge on any atom is 0.0991 e. The monoisotopic (exact) mass is 273 g/mol. The zero-order valence-corrected chi connectivity index (χ0v) is 12.0. The van der Waals surface area contributed by atoms with E-state index in [9.17, 15) is 5.11 Å². The van der Waals surface area contributed by atoms with Crippen molar-refractivity contribution in [2.75, 3.05) is 33.2 Å². The summed E-state index contributed by atoms with van der Waals surface area (Å²) in [6.45, 7) is 3.88. The molecule has 2 N–H and O–H groups in total. The first-order valence-electron chi connectivity index (χ1n) is 7.26. The van der Waals surface area contributed by atoms with Gasteiger partial charge in [-0.15, -0.1) is 0 Å². The molecule has 1 atom stereocenters. The van der Waals surface area contributed by atoms with Crippen LogP contribution in [0.25, 0.3) is 0 Å². The van der Waals surface area contributed by atoms with Gasteiger partial charge in [0.25, 0.3) is 0 Å². The lowest BCUT2D eigenvalue weighted by atomic mass is 9.97. The highest BCUT2D eigenvalue weighted by atomic mass is 16.3. The Morgan fingerprint density at radius 1 is 1.35 bits per heavy atom. The fraction of sp³-hybridized carbons (Fsp3) is 0.562.